The molecule has 3 rings (SSSR count). The van der Waals surface area contributed by atoms with Crippen LogP contribution in [0.2, 0.25) is 0 Å². The first kappa shape index (κ1) is 12.3. The lowest BCUT2D eigenvalue weighted by Crippen LogP contribution is -2.20. The third-order valence-electron chi connectivity index (χ3n) is 3.82. The van der Waals surface area contributed by atoms with Crippen LogP contribution in [0.3, 0.4) is 0 Å². The average molecular weight is 257 g/mol. The van der Waals surface area contributed by atoms with Gasteiger partial charge in [-0.3, -0.25) is 0 Å². The highest BCUT2D eigenvalue weighted by atomic mass is 16.5. The largest absolute Gasteiger partial charge is 0.492 e. The summed E-state index contributed by atoms with van der Waals surface area (Å²) in [5.41, 5.74) is 3.74. The quantitative estimate of drug-likeness (QED) is 0.916. The van der Waals surface area contributed by atoms with Crippen LogP contribution in [0.4, 0.5) is 0 Å². The van der Waals surface area contributed by atoms with E-state index in [1.165, 1.54) is 11.1 Å². The lowest BCUT2D eigenvalue weighted by atomic mass is 9.85. The molecule has 1 atom stereocenters. The number of rotatable bonds is 3. The minimum absolute atomic E-state index is 0.0834. The summed E-state index contributed by atoms with van der Waals surface area (Å²) in [6.07, 6.45) is 3.50. The van der Waals surface area contributed by atoms with Gasteiger partial charge in [-0.2, -0.15) is 0 Å². The minimum atomic E-state index is 0.0834. The summed E-state index contributed by atoms with van der Waals surface area (Å²) < 4.78 is 10.9. The number of hydrogen-bond acceptors (Lipinski definition) is 3. The highest BCUT2D eigenvalue weighted by molar-refractivity contribution is 5.47. The number of furan rings is 1. The van der Waals surface area contributed by atoms with E-state index in [-0.39, 0.29) is 11.5 Å². The Hall–Kier alpha value is -1.74. The smallest absolute Gasteiger partial charge is 0.123 e. The number of hydrogen-bond donors (Lipinski definition) is 1. The molecule has 0 aliphatic carbocycles. The molecule has 3 heteroatoms. The fourth-order valence-electron chi connectivity index (χ4n) is 2.68. The zero-order valence-corrected chi connectivity index (χ0v) is 11.6. The second-order valence-corrected chi connectivity index (χ2v) is 5.71. The van der Waals surface area contributed by atoms with Crippen LogP contribution >= 0.6 is 0 Å². The van der Waals surface area contributed by atoms with Gasteiger partial charge in [0.1, 0.15) is 5.75 Å². The summed E-state index contributed by atoms with van der Waals surface area (Å²) in [6.45, 7) is 5.19. The molecular weight excluding hydrogens is 238 g/mol. The van der Waals surface area contributed by atoms with E-state index in [1.54, 1.807) is 12.5 Å². The molecule has 0 radical (unpaired) electrons. The number of ether oxygens (including phenoxy) is 1. The van der Waals surface area contributed by atoms with Gasteiger partial charge in [0.05, 0.1) is 25.2 Å². The first-order chi connectivity index (χ1) is 9.12. The van der Waals surface area contributed by atoms with Crippen molar-refractivity contribution in [3.8, 4) is 5.75 Å². The van der Waals surface area contributed by atoms with E-state index >= 15 is 0 Å². The van der Waals surface area contributed by atoms with E-state index < -0.39 is 0 Å². The molecule has 0 fully saturated rings. The topological polar surface area (TPSA) is 34.4 Å². The Labute approximate surface area is 113 Å². The second-order valence-electron chi connectivity index (χ2n) is 5.71. The summed E-state index contributed by atoms with van der Waals surface area (Å²) in [5, 5.41) is 3.34. The molecule has 2 heterocycles. The van der Waals surface area contributed by atoms with Crippen LogP contribution in [0.15, 0.2) is 41.2 Å². The van der Waals surface area contributed by atoms with E-state index in [2.05, 4.69) is 37.4 Å². The van der Waals surface area contributed by atoms with Crippen molar-refractivity contribution in [2.45, 2.75) is 25.3 Å². The number of benzene rings is 1. The number of nitrogens with one attached hydrogen (secondary N) is 1. The summed E-state index contributed by atoms with van der Waals surface area (Å²) in [5.74, 6) is 1.01. The molecule has 1 unspecified atom stereocenters. The third-order valence-corrected chi connectivity index (χ3v) is 3.82. The molecule has 1 aliphatic heterocycles. The SMILES string of the molecule is CNC(c1ccoc1)c1ccc2c(c1)C(C)(C)CO2. The predicted molar refractivity (Wildman–Crippen MR) is 74.6 cm³/mol. The Morgan fingerprint density at radius 2 is 2.05 bits per heavy atom. The van der Waals surface area contributed by atoms with Crippen molar-refractivity contribution in [2.24, 2.45) is 0 Å². The Balaban J connectivity index is 2.02. The van der Waals surface area contributed by atoms with Crippen LogP contribution in [0.25, 0.3) is 0 Å². The van der Waals surface area contributed by atoms with Crippen LogP contribution in [-0.2, 0) is 5.41 Å². The van der Waals surface area contributed by atoms with Crippen molar-refractivity contribution in [3.63, 3.8) is 0 Å². The summed E-state index contributed by atoms with van der Waals surface area (Å²) in [4.78, 5) is 0. The van der Waals surface area contributed by atoms with Crippen LogP contribution in [0, 0.1) is 0 Å². The van der Waals surface area contributed by atoms with Gasteiger partial charge < -0.3 is 14.5 Å². The van der Waals surface area contributed by atoms with E-state index in [1.807, 2.05) is 13.1 Å². The highest BCUT2D eigenvalue weighted by Crippen LogP contribution is 2.40. The van der Waals surface area contributed by atoms with Gasteiger partial charge in [-0.05, 0) is 30.8 Å². The molecule has 0 saturated heterocycles. The Kier molecular flexibility index (Phi) is 2.86. The first-order valence-corrected chi connectivity index (χ1v) is 6.58. The molecule has 3 nitrogen and oxygen atoms in total. The van der Waals surface area contributed by atoms with Gasteiger partial charge in [0, 0.05) is 16.5 Å². The lowest BCUT2D eigenvalue weighted by molar-refractivity contribution is 0.291. The molecule has 1 aliphatic rings. The maximum absolute atomic E-state index is 5.73. The standard InChI is InChI=1S/C16H19NO2/c1-16(2)10-19-14-5-4-11(8-13(14)16)15(17-3)12-6-7-18-9-12/h4-9,15,17H,10H2,1-3H3. The molecule has 2 aromatic rings. The van der Waals surface area contributed by atoms with Gasteiger partial charge in [-0.15, -0.1) is 0 Å². The molecule has 100 valence electrons. The highest BCUT2D eigenvalue weighted by Gasteiger charge is 2.32. The van der Waals surface area contributed by atoms with Gasteiger partial charge in [-0.25, -0.2) is 0 Å². The van der Waals surface area contributed by atoms with Gasteiger partial charge in [0.15, 0.2) is 0 Å². The fourth-order valence-corrected chi connectivity index (χ4v) is 2.68. The average Bonchev–Trinajstić information content (AvgIpc) is 3.00. The van der Waals surface area contributed by atoms with Crippen molar-refractivity contribution >= 4 is 0 Å². The van der Waals surface area contributed by atoms with Crippen molar-refractivity contribution < 1.29 is 9.15 Å². The Morgan fingerprint density at radius 1 is 1.21 bits per heavy atom. The molecule has 0 amide bonds. The van der Waals surface area contributed by atoms with Crippen molar-refractivity contribution in [1.82, 2.24) is 5.32 Å². The third kappa shape index (κ3) is 2.04. The second kappa shape index (κ2) is 4.42. The Bertz CT molecular complexity index is 572. The van der Waals surface area contributed by atoms with E-state index in [0.29, 0.717) is 0 Å². The molecule has 1 aromatic carbocycles. The van der Waals surface area contributed by atoms with Crippen LogP contribution < -0.4 is 10.1 Å². The first-order valence-electron chi connectivity index (χ1n) is 6.58. The minimum Gasteiger partial charge on any atom is -0.492 e. The fraction of sp³-hybridized carbons (Fsp3) is 0.375. The van der Waals surface area contributed by atoms with Gasteiger partial charge >= 0.3 is 0 Å². The van der Waals surface area contributed by atoms with Crippen molar-refractivity contribution in [2.75, 3.05) is 13.7 Å². The molecule has 1 N–H and O–H groups in total. The zero-order valence-electron chi connectivity index (χ0n) is 11.6. The molecule has 0 saturated carbocycles. The van der Waals surface area contributed by atoms with Gasteiger partial charge in [-0.1, -0.05) is 19.9 Å². The summed E-state index contributed by atoms with van der Waals surface area (Å²) in [7, 11) is 1.96. The van der Waals surface area contributed by atoms with Gasteiger partial charge in [0.2, 0.25) is 0 Å². The van der Waals surface area contributed by atoms with Gasteiger partial charge in [0.25, 0.3) is 0 Å². The van der Waals surface area contributed by atoms with Crippen molar-refractivity contribution in [3.05, 3.63) is 53.5 Å². The van der Waals surface area contributed by atoms with E-state index in [4.69, 9.17) is 9.15 Å². The molecule has 19 heavy (non-hydrogen) atoms. The van der Waals surface area contributed by atoms with Crippen LogP contribution in [0.5, 0.6) is 5.75 Å². The van der Waals surface area contributed by atoms with Crippen molar-refractivity contribution in [1.29, 1.82) is 0 Å². The summed E-state index contributed by atoms with van der Waals surface area (Å²) in [6, 6.07) is 8.59. The lowest BCUT2D eigenvalue weighted by Gasteiger charge is -2.19. The van der Waals surface area contributed by atoms with Crippen LogP contribution in [-0.4, -0.2) is 13.7 Å². The molecule has 0 bridgehead atoms. The molecule has 1 aromatic heterocycles. The van der Waals surface area contributed by atoms with E-state index in [9.17, 15) is 0 Å². The number of fused-ring (bicyclic) bond motifs is 1. The summed E-state index contributed by atoms with van der Waals surface area (Å²) >= 11 is 0. The maximum atomic E-state index is 5.73. The molecule has 0 spiro atoms. The normalized spacial score (nSPS) is 17.8. The zero-order chi connectivity index (χ0) is 13.5. The monoisotopic (exact) mass is 257 g/mol. The Morgan fingerprint density at radius 3 is 2.74 bits per heavy atom. The predicted octanol–water partition coefficient (Wildman–Crippen LogP) is 3.26. The molecular formula is C16H19NO2. The van der Waals surface area contributed by atoms with E-state index in [0.717, 1.165) is 17.9 Å². The van der Waals surface area contributed by atoms with Crippen LogP contribution in [0.1, 0.15) is 36.6 Å². The maximum Gasteiger partial charge on any atom is 0.123 e.